The third kappa shape index (κ3) is 6.35. The van der Waals surface area contributed by atoms with Crippen molar-refractivity contribution in [3.63, 3.8) is 0 Å². The average molecular weight is 585 g/mol. The highest BCUT2D eigenvalue weighted by Crippen LogP contribution is 2.35. The van der Waals surface area contributed by atoms with E-state index in [1.54, 1.807) is 26.4 Å². The Morgan fingerprint density at radius 3 is 1.48 bits per heavy atom. The van der Waals surface area contributed by atoms with E-state index in [1.807, 2.05) is 134 Å². The first-order valence-electron chi connectivity index (χ1n) is 14.5. The van der Waals surface area contributed by atoms with E-state index in [-0.39, 0.29) is 11.8 Å². The van der Waals surface area contributed by atoms with Crippen LogP contribution in [0.2, 0.25) is 0 Å². The van der Waals surface area contributed by atoms with Gasteiger partial charge in [-0.25, -0.2) is 0 Å². The van der Waals surface area contributed by atoms with Crippen LogP contribution in [0.5, 0.6) is 11.5 Å². The van der Waals surface area contributed by atoms with Crippen molar-refractivity contribution in [2.45, 2.75) is 24.4 Å². The van der Waals surface area contributed by atoms with E-state index < -0.39 is 17.5 Å². The third-order valence-electron chi connectivity index (χ3n) is 7.99. The van der Waals surface area contributed by atoms with Crippen molar-refractivity contribution < 1.29 is 19.1 Å². The Morgan fingerprint density at radius 2 is 1.02 bits per heavy atom. The predicted octanol–water partition coefficient (Wildman–Crippen LogP) is 6.77. The van der Waals surface area contributed by atoms with Crippen molar-refractivity contribution >= 4 is 11.8 Å². The zero-order chi connectivity index (χ0) is 30.9. The van der Waals surface area contributed by atoms with Crippen LogP contribution in [0.4, 0.5) is 0 Å². The number of hydrogen-bond donors (Lipinski definition) is 2. The lowest BCUT2D eigenvalue weighted by molar-refractivity contribution is -0.127. The molecule has 2 amide bonds. The van der Waals surface area contributed by atoms with Crippen LogP contribution in [-0.4, -0.2) is 26.0 Å². The van der Waals surface area contributed by atoms with Crippen molar-refractivity contribution in [1.29, 1.82) is 0 Å². The van der Waals surface area contributed by atoms with E-state index in [4.69, 9.17) is 9.47 Å². The molecule has 0 fully saturated rings. The van der Waals surface area contributed by atoms with Crippen LogP contribution >= 0.6 is 0 Å². The number of benzene rings is 5. The number of nitrogens with one attached hydrogen (secondary N) is 2. The zero-order valence-electron chi connectivity index (χ0n) is 25.1. The highest BCUT2D eigenvalue weighted by atomic mass is 16.5. The first-order chi connectivity index (χ1) is 21.5. The summed E-state index contributed by atoms with van der Waals surface area (Å²) < 4.78 is 11.0. The molecule has 0 bridgehead atoms. The number of ether oxygens (including phenoxy) is 2. The molecule has 0 spiro atoms. The minimum absolute atomic E-state index is 0.261. The first-order valence-corrected chi connectivity index (χ1v) is 14.5. The molecule has 44 heavy (non-hydrogen) atoms. The second-order valence-electron chi connectivity index (χ2n) is 10.6. The normalized spacial score (nSPS) is 11.8. The van der Waals surface area contributed by atoms with E-state index in [2.05, 4.69) is 10.6 Å². The monoisotopic (exact) mass is 584 g/mol. The average Bonchev–Trinajstić information content (AvgIpc) is 3.09. The summed E-state index contributed by atoms with van der Waals surface area (Å²) in [6.45, 7) is 1.90. The standard InChI is InChI=1S/C38H36N2O4/c1-38(30-20-12-6-13-21-30,31-22-14-7-15-23-31)37(42)40-35(29-24-25-32(43-2)33(26-29)44-3)39-36(41)34(27-16-8-4-9-17-27)28-18-10-5-11-19-28/h4-26,34-35H,1-3H3,(H,39,41)(H,40,42)/t35-/m1/s1. The van der Waals surface area contributed by atoms with Gasteiger partial charge >= 0.3 is 0 Å². The molecule has 0 aliphatic carbocycles. The van der Waals surface area contributed by atoms with Gasteiger partial charge in [-0.3, -0.25) is 9.59 Å². The number of hydrogen-bond acceptors (Lipinski definition) is 4. The molecule has 6 nitrogen and oxygen atoms in total. The van der Waals surface area contributed by atoms with E-state index in [0.29, 0.717) is 17.1 Å². The van der Waals surface area contributed by atoms with Crippen molar-refractivity contribution in [2.75, 3.05) is 14.2 Å². The number of carbonyl (C=O) groups excluding carboxylic acids is 2. The van der Waals surface area contributed by atoms with Crippen LogP contribution in [0.25, 0.3) is 0 Å². The molecule has 0 aromatic heterocycles. The molecule has 5 aromatic carbocycles. The maximum atomic E-state index is 14.5. The van der Waals surface area contributed by atoms with Gasteiger partial charge in [0.1, 0.15) is 6.17 Å². The molecule has 0 radical (unpaired) electrons. The van der Waals surface area contributed by atoms with Crippen LogP contribution in [0, 0.1) is 0 Å². The highest BCUT2D eigenvalue weighted by molar-refractivity contribution is 5.93. The van der Waals surface area contributed by atoms with Gasteiger partial charge in [0.15, 0.2) is 11.5 Å². The van der Waals surface area contributed by atoms with Crippen molar-refractivity contribution in [3.05, 3.63) is 167 Å². The van der Waals surface area contributed by atoms with E-state index in [1.165, 1.54) is 0 Å². The van der Waals surface area contributed by atoms with Gasteiger partial charge in [-0.1, -0.05) is 127 Å². The molecule has 0 unspecified atom stereocenters. The summed E-state index contributed by atoms with van der Waals surface area (Å²) in [4.78, 5) is 28.8. The number of amides is 2. The van der Waals surface area contributed by atoms with Gasteiger partial charge in [0.25, 0.3) is 0 Å². The Kier molecular flexibility index (Phi) is 9.40. The van der Waals surface area contributed by atoms with Gasteiger partial charge < -0.3 is 20.1 Å². The fourth-order valence-electron chi connectivity index (χ4n) is 5.49. The summed E-state index contributed by atoms with van der Waals surface area (Å²) in [5.74, 6) is -0.117. The van der Waals surface area contributed by atoms with Gasteiger partial charge in [0.05, 0.1) is 25.6 Å². The lowest BCUT2D eigenvalue weighted by atomic mass is 9.75. The maximum Gasteiger partial charge on any atom is 0.236 e. The lowest BCUT2D eigenvalue weighted by Crippen LogP contribution is -2.49. The highest BCUT2D eigenvalue weighted by Gasteiger charge is 2.39. The molecule has 0 saturated heterocycles. The van der Waals surface area contributed by atoms with Crippen LogP contribution < -0.4 is 20.1 Å². The zero-order valence-corrected chi connectivity index (χ0v) is 25.1. The fourth-order valence-corrected chi connectivity index (χ4v) is 5.49. The summed E-state index contributed by atoms with van der Waals surface area (Å²) in [5.41, 5.74) is 2.91. The Morgan fingerprint density at radius 1 is 0.568 bits per heavy atom. The van der Waals surface area contributed by atoms with E-state index in [9.17, 15) is 9.59 Å². The molecular formula is C38H36N2O4. The molecule has 1 atom stereocenters. The second kappa shape index (κ2) is 13.7. The van der Waals surface area contributed by atoms with Gasteiger partial charge in [0.2, 0.25) is 11.8 Å². The number of methoxy groups -OCH3 is 2. The third-order valence-corrected chi connectivity index (χ3v) is 7.99. The van der Waals surface area contributed by atoms with E-state index >= 15 is 0 Å². The molecule has 0 aliphatic heterocycles. The smallest absolute Gasteiger partial charge is 0.236 e. The molecule has 0 heterocycles. The van der Waals surface area contributed by atoms with Crippen molar-refractivity contribution in [2.24, 2.45) is 0 Å². The summed E-state index contributed by atoms with van der Waals surface area (Å²) >= 11 is 0. The Labute approximate surface area is 258 Å². The topological polar surface area (TPSA) is 76.7 Å². The second-order valence-corrected chi connectivity index (χ2v) is 10.6. The van der Waals surface area contributed by atoms with Crippen LogP contribution in [0.1, 0.15) is 46.8 Å². The summed E-state index contributed by atoms with van der Waals surface area (Å²) in [6.07, 6.45) is -0.892. The molecule has 2 N–H and O–H groups in total. The summed E-state index contributed by atoms with van der Waals surface area (Å²) in [6, 6.07) is 43.9. The fraction of sp³-hybridized carbons (Fsp3) is 0.158. The Hall–Kier alpha value is -5.36. The summed E-state index contributed by atoms with van der Waals surface area (Å²) in [5, 5.41) is 6.34. The first kappa shape index (κ1) is 30.1. The number of carbonyl (C=O) groups is 2. The molecular weight excluding hydrogens is 548 g/mol. The molecule has 5 aromatic rings. The molecule has 6 heteroatoms. The van der Waals surface area contributed by atoms with Gasteiger partial charge in [0, 0.05) is 0 Å². The molecule has 5 rings (SSSR count). The van der Waals surface area contributed by atoms with Crippen LogP contribution in [0.3, 0.4) is 0 Å². The molecule has 222 valence electrons. The van der Waals surface area contributed by atoms with Gasteiger partial charge in [-0.2, -0.15) is 0 Å². The predicted molar refractivity (Wildman–Crippen MR) is 173 cm³/mol. The molecule has 0 aliphatic rings. The SMILES string of the molecule is COc1ccc([C@H](NC(=O)C(c2ccccc2)c2ccccc2)NC(=O)C(C)(c2ccccc2)c2ccccc2)cc1OC. The molecule has 0 saturated carbocycles. The quantitative estimate of drug-likeness (QED) is 0.168. The van der Waals surface area contributed by atoms with Gasteiger partial charge in [-0.05, 0) is 46.9 Å². The Balaban J connectivity index is 1.57. The van der Waals surface area contributed by atoms with Crippen molar-refractivity contribution in [1.82, 2.24) is 10.6 Å². The minimum Gasteiger partial charge on any atom is -0.493 e. The van der Waals surface area contributed by atoms with Crippen molar-refractivity contribution in [3.8, 4) is 11.5 Å². The lowest BCUT2D eigenvalue weighted by Gasteiger charge is -2.33. The summed E-state index contributed by atoms with van der Waals surface area (Å²) in [7, 11) is 3.12. The minimum atomic E-state index is -1.06. The largest absolute Gasteiger partial charge is 0.493 e. The van der Waals surface area contributed by atoms with Crippen LogP contribution in [-0.2, 0) is 15.0 Å². The van der Waals surface area contributed by atoms with Crippen LogP contribution in [0.15, 0.2) is 140 Å². The Bertz CT molecular complexity index is 1600. The van der Waals surface area contributed by atoms with E-state index in [0.717, 1.165) is 22.3 Å². The maximum absolute atomic E-state index is 14.5. The van der Waals surface area contributed by atoms with Gasteiger partial charge in [-0.15, -0.1) is 0 Å². The number of rotatable bonds is 11.